The SMILES string of the molecule is C[P+](C)(C)C(=O)P(C)(C)(C)Cl.[Rh]. The van der Waals surface area contributed by atoms with Gasteiger partial charge in [0.15, 0.2) is 0 Å². The van der Waals surface area contributed by atoms with Crippen molar-refractivity contribution in [1.82, 2.24) is 0 Å². The van der Waals surface area contributed by atoms with Gasteiger partial charge in [-0.15, -0.1) is 0 Å². The van der Waals surface area contributed by atoms with Crippen molar-refractivity contribution in [1.29, 1.82) is 0 Å². The molecule has 0 spiro atoms. The van der Waals surface area contributed by atoms with Crippen molar-refractivity contribution in [3.05, 3.63) is 0 Å². The van der Waals surface area contributed by atoms with Crippen LogP contribution in [0.4, 0.5) is 4.79 Å². The summed E-state index contributed by atoms with van der Waals surface area (Å²) < 4.78 is 0. The summed E-state index contributed by atoms with van der Waals surface area (Å²) in [6.07, 6.45) is 0. The summed E-state index contributed by atoms with van der Waals surface area (Å²) in [6, 6.07) is 0. The van der Waals surface area contributed by atoms with Crippen LogP contribution in [0.2, 0.25) is 0 Å². The third kappa shape index (κ3) is 5.23. The molecule has 0 aromatic heterocycles. The summed E-state index contributed by atoms with van der Waals surface area (Å²) in [7, 11) is -1.41. The maximum Gasteiger partial charge on any atom is 0 e. The van der Waals surface area contributed by atoms with Gasteiger partial charge in [-0.3, -0.25) is 0 Å². The number of rotatable bonds is 2. The van der Waals surface area contributed by atoms with Gasteiger partial charge in [-0.05, 0) is 0 Å². The molecule has 0 saturated heterocycles. The number of hydrogen-bond donors (Lipinski definition) is 0. The second-order valence-electron chi connectivity index (χ2n) is 4.90. The Kier molecular flexibility index (Phi) is 5.16. The average Bonchev–Trinajstić information content (AvgIpc) is 1.56. The monoisotopic (exact) mass is 318 g/mol. The minimum Gasteiger partial charge on any atom is 0 e. The summed E-state index contributed by atoms with van der Waals surface area (Å²) >= 11 is 6.23. The molecule has 0 saturated carbocycles. The fraction of sp³-hybridized carbons (Fsp3) is 0.857. The molecule has 0 N–H and O–H groups in total. The molecule has 0 fully saturated rings. The predicted molar refractivity (Wildman–Crippen MR) is 60.6 cm³/mol. The molecule has 0 rings (SSSR count). The smallest absolute Gasteiger partial charge is 0 e. The summed E-state index contributed by atoms with van der Waals surface area (Å²) in [4.78, 5) is 11.8. The fourth-order valence-electron chi connectivity index (χ4n) is 1.01. The Bertz CT molecular complexity index is 181. The molecule has 0 aliphatic heterocycles. The van der Waals surface area contributed by atoms with Crippen LogP contribution >= 0.6 is 24.5 Å². The van der Waals surface area contributed by atoms with Crippen LogP contribution in [-0.2, 0) is 19.5 Å². The van der Waals surface area contributed by atoms with Crippen molar-refractivity contribution in [3.8, 4) is 0 Å². The third-order valence-electron chi connectivity index (χ3n) is 1.22. The molecule has 0 unspecified atom stereocenters. The number of carbonyl (C=O) groups excluding carboxylic acids is 1. The van der Waals surface area contributed by atoms with E-state index in [1.165, 1.54) is 0 Å². The predicted octanol–water partition coefficient (Wildman–Crippen LogP) is 3.61. The third-order valence-corrected chi connectivity index (χ3v) is 8.37. The zero-order chi connectivity index (χ0) is 9.52. The minimum absolute atomic E-state index is 0. The number of hydrogen-bond acceptors (Lipinski definition) is 1. The van der Waals surface area contributed by atoms with E-state index in [0.29, 0.717) is 5.27 Å². The quantitative estimate of drug-likeness (QED) is 0.561. The van der Waals surface area contributed by atoms with Crippen molar-refractivity contribution in [2.75, 3.05) is 40.0 Å². The molecule has 0 bridgehead atoms. The Hall–Kier alpha value is 1.44. The summed E-state index contributed by atoms with van der Waals surface area (Å²) in [5, 5.41) is 0.310. The van der Waals surface area contributed by atoms with Gasteiger partial charge in [0.05, 0.1) is 0 Å². The van der Waals surface area contributed by atoms with Gasteiger partial charge in [0, 0.05) is 19.5 Å². The van der Waals surface area contributed by atoms with E-state index < -0.39 is 13.2 Å². The van der Waals surface area contributed by atoms with Crippen LogP contribution in [0.15, 0.2) is 0 Å². The molecule has 1 nitrogen and oxygen atoms in total. The van der Waals surface area contributed by atoms with Crippen LogP contribution in [0.1, 0.15) is 0 Å². The van der Waals surface area contributed by atoms with E-state index in [1.807, 2.05) is 40.0 Å². The van der Waals surface area contributed by atoms with Gasteiger partial charge in [0.1, 0.15) is 0 Å². The molecule has 5 heteroatoms. The van der Waals surface area contributed by atoms with Crippen LogP contribution in [0.3, 0.4) is 0 Å². The molecule has 1 radical (unpaired) electrons. The zero-order valence-corrected chi connectivity index (χ0v) is 12.7. The second-order valence-corrected chi connectivity index (χ2v) is 18.8. The van der Waals surface area contributed by atoms with E-state index in [2.05, 4.69) is 0 Å². The maximum atomic E-state index is 11.8. The Morgan fingerprint density at radius 3 is 1.42 bits per heavy atom. The molecule has 12 heavy (non-hydrogen) atoms. The first-order valence-electron chi connectivity index (χ1n) is 3.50. The van der Waals surface area contributed by atoms with Gasteiger partial charge in [-0.2, -0.15) is 0 Å². The topological polar surface area (TPSA) is 17.1 Å². The van der Waals surface area contributed by atoms with Crippen LogP contribution in [0.5, 0.6) is 0 Å². The van der Waals surface area contributed by atoms with E-state index >= 15 is 0 Å². The van der Waals surface area contributed by atoms with Crippen molar-refractivity contribution < 1.29 is 24.3 Å². The molecule has 0 aliphatic carbocycles. The van der Waals surface area contributed by atoms with Crippen molar-refractivity contribution >= 4 is 29.7 Å². The first kappa shape index (κ1) is 15.9. The standard InChI is InChI=1S/C7H18ClOP2.Rh/c1-10(2,3)7(9)11(4,5,6)8;/h1-6H3;/q+1;. The summed E-state index contributed by atoms with van der Waals surface area (Å²) in [5.41, 5.74) is 0. The molecule has 0 aromatic carbocycles. The van der Waals surface area contributed by atoms with Gasteiger partial charge >= 0.3 is 74.5 Å². The van der Waals surface area contributed by atoms with E-state index in [4.69, 9.17) is 11.2 Å². The molecule has 77 valence electrons. The Balaban J connectivity index is 0. The molecule has 0 heterocycles. The first-order chi connectivity index (χ1) is 4.41. The van der Waals surface area contributed by atoms with Gasteiger partial charge in [0.25, 0.3) is 0 Å². The average molecular weight is 319 g/mol. The molecule has 0 aliphatic rings. The van der Waals surface area contributed by atoms with E-state index in [1.54, 1.807) is 0 Å². The van der Waals surface area contributed by atoms with Gasteiger partial charge in [0.2, 0.25) is 0 Å². The Labute approximate surface area is 93.8 Å². The van der Waals surface area contributed by atoms with E-state index in [9.17, 15) is 4.79 Å². The fourth-order valence-corrected chi connectivity index (χ4v) is 11.2. The maximum absolute atomic E-state index is 11.8. The van der Waals surface area contributed by atoms with Crippen LogP contribution < -0.4 is 0 Å². The normalized spacial score (nSPS) is 15.8. The van der Waals surface area contributed by atoms with Crippen molar-refractivity contribution in [2.45, 2.75) is 0 Å². The van der Waals surface area contributed by atoms with Crippen LogP contribution in [0, 0.1) is 0 Å². The number of carbonyl (C=O) groups is 1. The first-order valence-corrected chi connectivity index (χ1v) is 11.1. The van der Waals surface area contributed by atoms with Crippen molar-refractivity contribution in [3.63, 3.8) is 0 Å². The zero-order valence-electron chi connectivity index (χ0n) is 8.51. The van der Waals surface area contributed by atoms with Gasteiger partial charge < -0.3 is 0 Å². The summed E-state index contributed by atoms with van der Waals surface area (Å²) in [6.45, 7) is 11.8. The molecule has 0 atom stereocenters. The molecule has 0 amide bonds. The van der Waals surface area contributed by atoms with Gasteiger partial charge in [-0.1, -0.05) is 0 Å². The Morgan fingerprint density at radius 2 is 1.42 bits per heavy atom. The van der Waals surface area contributed by atoms with Crippen LogP contribution in [-0.4, -0.2) is 45.3 Å². The molecule has 0 aromatic rings. The Morgan fingerprint density at radius 1 is 1.17 bits per heavy atom. The summed E-state index contributed by atoms with van der Waals surface area (Å²) in [5.74, 6) is -2.47. The second kappa shape index (κ2) is 3.90. The minimum atomic E-state index is -2.47. The van der Waals surface area contributed by atoms with E-state index in [-0.39, 0.29) is 19.5 Å². The van der Waals surface area contributed by atoms with Gasteiger partial charge in [-0.25, -0.2) is 0 Å². The van der Waals surface area contributed by atoms with Crippen LogP contribution in [0.25, 0.3) is 0 Å². The number of halogens is 1. The largest absolute Gasteiger partial charge is 0 e. The molecular weight excluding hydrogens is 300 g/mol. The van der Waals surface area contributed by atoms with E-state index in [0.717, 1.165) is 0 Å². The van der Waals surface area contributed by atoms with Crippen molar-refractivity contribution in [2.24, 2.45) is 0 Å². The molecular formula is C7H18ClOP2Rh+.